The molecular formula is C15H18N2O3S. The van der Waals surface area contributed by atoms with Gasteiger partial charge in [-0.15, -0.1) is 0 Å². The van der Waals surface area contributed by atoms with Crippen molar-refractivity contribution in [2.24, 2.45) is 0 Å². The van der Waals surface area contributed by atoms with E-state index in [2.05, 4.69) is 5.32 Å². The van der Waals surface area contributed by atoms with Crippen molar-refractivity contribution >= 4 is 17.0 Å². The molecule has 21 heavy (non-hydrogen) atoms. The lowest BCUT2D eigenvalue weighted by atomic mass is 9.98. The minimum atomic E-state index is -0.935. The third-order valence-electron chi connectivity index (χ3n) is 3.50. The van der Waals surface area contributed by atoms with E-state index >= 15 is 0 Å². The minimum Gasteiger partial charge on any atom is -0.384 e. The SMILES string of the molecule is CC(NCC(C)(O)c1ccsc1)c1ccc([N+](=O)[O-])cc1. The van der Waals surface area contributed by atoms with Gasteiger partial charge in [0.15, 0.2) is 0 Å². The van der Waals surface area contributed by atoms with Gasteiger partial charge < -0.3 is 10.4 Å². The average Bonchev–Trinajstić information content (AvgIpc) is 3.00. The Morgan fingerprint density at radius 3 is 2.57 bits per heavy atom. The molecule has 6 heteroatoms. The molecule has 0 spiro atoms. The lowest BCUT2D eigenvalue weighted by molar-refractivity contribution is -0.384. The van der Waals surface area contributed by atoms with Gasteiger partial charge in [-0.05, 0) is 41.8 Å². The molecule has 0 amide bonds. The Labute approximate surface area is 127 Å². The topological polar surface area (TPSA) is 75.4 Å². The molecule has 0 saturated heterocycles. The summed E-state index contributed by atoms with van der Waals surface area (Å²) in [6, 6.07) is 8.35. The van der Waals surface area contributed by atoms with E-state index in [-0.39, 0.29) is 11.7 Å². The maximum Gasteiger partial charge on any atom is 0.269 e. The van der Waals surface area contributed by atoms with E-state index in [0.717, 1.165) is 11.1 Å². The zero-order chi connectivity index (χ0) is 15.5. The van der Waals surface area contributed by atoms with Gasteiger partial charge in [0.05, 0.1) is 4.92 Å². The molecule has 0 saturated carbocycles. The van der Waals surface area contributed by atoms with Gasteiger partial charge in [0.25, 0.3) is 5.69 Å². The van der Waals surface area contributed by atoms with E-state index in [1.54, 1.807) is 30.4 Å². The summed E-state index contributed by atoms with van der Waals surface area (Å²) in [5.74, 6) is 0. The zero-order valence-corrected chi connectivity index (χ0v) is 12.8. The molecule has 0 fully saturated rings. The second kappa shape index (κ2) is 6.34. The predicted octanol–water partition coefficient (Wildman–Crippen LogP) is 3.21. The molecular weight excluding hydrogens is 288 g/mol. The number of non-ortho nitro benzene ring substituents is 1. The highest BCUT2D eigenvalue weighted by Crippen LogP contribution is 2.24. The van der Waals surface area contributed by atoms with Crippen LogP contribution < -0.4 is 5.32 Å². The highest BCUT2D eigenvalue weighted by atomic mass is 32.1. The number of hydrogen-bond donors (Lipinski definition) is 2. The Bertz CT molecular complexity index is 594. The second-order valence-electron chi connectivity index (χ2n) is 5.24. The first-order valence-corrected chi connectivity index (χ1v) is 7.57. The van der Waals surface area contributed by atoms with Gasteiger partial charge in [-0.1, -0.05) is 12.1 Å². The Morgan fingerprint density at radius 1 is 1.38 bits per heavy atom. The number of aliphatic hydroxyl groups is 1. The maximum atomic E-state index is 10.6. The molecule has 1 heterocycles. The average molecular weight is 306 g/mol. The van der Waals surface area contributed by atoms with Crippen LogP contribution in [0.4, 0.5) is 5.69 Å². The van der Waals surface area contributed by atoms with Crippen LogP contribution in [0.3, 0.4) is 0 Å². The van der Waals surface area contributed by atoms with Crippen molar-refractivity contribution < 1.29 is 10.0 Å². The summed E-state index contributed by atoms with van der Waals surface area (Å²) >= 11 is 1.55. The van der Waals surface area contributed by atoms with Gasteiger partial charge in [-0.3, -0.25) is 10.1 Å². The first-order valence-electron chi connectivity index (χ1n) is 6.63. The summed E-state index contributed by atoms with van der Waals surface area (Å²) in [5, 5.41) is 28.2. The van der Waals surface area contributed by atoms with Crippen molar-refractivity contribution in [3.8, 4) is 0 Å². The van der Waals surface area contributed by atoms with E-state index in [0.29, 0.717) is 6.54 Å². The smallest absolute Gasteiger partial charge is 0.269 e. The van der Waals surface area contributed by atoms with E-state index in [1.807, 2.05) is 23.8 Å². The van der Waals surface area contributed by atoms with E-state index in [4.69, 9.17) is 0 Å². The third-order valence-corrected chi connectivity index (χ3v) is 4.18. The molecule has 0 bridgehead atoms. The van der Waals surface area contributed by atoms with E-state index < -0.39 is 10.5 Å². The fourth-order valence-corrected chi connectivity index (χ4v) is 2.81. The van der Waals surface area contributed by atoms with Crippen LogP contribution in [-0.4, -0.2) is 16.6 Å². The van der Waals surface area contributed by atoms with Crippen LogP contribution >= 0.6 is 11.3 Å². The lowest BCUT2D eigenvalue weighted by Gasteiger charge is -2.25. The second-order valence-corrected chi connectivity index (χ2v) is 6.02. The van der Waals surface area contributed by atoms with Crippen molar-refractivity contribution in [1.82, 2.24) is 5.32 Å². The van der Waals surface area contributed by atoms with Crippen molar-refractivity contribution in [3.63, 3.8) is 0 Å². The molecule has 1 aromatic carbocycles. The van der Waals surface area contributed by atoms with Crippen molar-refractivity contribution in [1.29, 1.82) is 0 Å². The Morgan fingerprint density at radius 2 is 2.05 bits per heavy atom. The van der Waals surface area contributed by atoms with Gasteiger partial charge in [-0.2, -0.15) is 11.3 Å². The molecule has 1 aromatic heterocycles. The molecule has 0 aliphatic rings. The summed E-state index contributed by atoms with van der Waals surface area (Å²) in [7, 11) is 0. The maximum absolute atomic E-state index is 10.6. The number of thiophene rings is 1. The molecule has 0 radical (unpaired) electrons. The number of hydrogen-bond acceptors (Lipinski definition) is 5. The molecule has 2 N–H and O–H groups in total. The van der Waals surface area contributed by atoms with Gasteiger partial charge >= 0.3 is 0 Å². The monoisotopic (exact) mass is 306 g/mol. The molecule has 2 rings (SSSR count). The Kier molecular flexibility index (Phi) is 4.72. The van der Waals surface area contributed by atoms with Crippen LogP contribution in [0, 0.1) is 10.1 Å². The van der Waals surface area contributed by atoms with Crippen molar-refractivity contribution in [3.05, 3.63) is 62.3 Å². The van der Waals surface area contributed by atoms with E-state index in [1.165, 1.54) is 12.1 Å². The fraction of sp³-hybridized carbons (Fsp3) is 0.333. The normalized spacial score (nSPS) is 15.4. The first-order chi connectivity index (χ1) is 9.90. The van der Waals surface area contributed by atoms with Gasteiger partial charge in [-0.25, -0.2) is 0 Å². The van der Waals surface area contributed by atoms with Gasteiger partial charge in [0.2, 0.25) is 0 Å². The number of benzene rings is 1. The molecule has 2 atom stereocenters. The molecule has 5 nitrogen and oxygen atoms in total. The standard InChI is InChI=1S/C15H18N2O3S/c1-11(12-3-5-14(6-4-12)17(19)20)16-10-15(2,18)13-7-8-21-9-13/h3-9,11,16,18H,10H2,1-2H3. The predicted molar refractivity (Wildman–Crippen MR) is 83.4 cm³/mol. The first kappa shape index (κ1) is 15.6. The third kappa shape index (κ3) is 3.87. The van der Waals surface area contributed by atoms with Crippen LogP contribution in [-0.2, 0) is 5.60 Å². The number of rotatable bonds is 6. The largest absolute Gasteiger partial charge is 0.384 e. The molecule has 0 aliphatic heterocycles. The van der Waals surface area contributed by atoms with Crippen molar-refractivity contribution in [2.45, 2.75) is 25.5 Å². The lowest BCUT2D eigenvalue weighted by Crippen LogP contribution is -2.36. The fourth-order valence-electron chi connectivity index (χ4n) is 2.03. The molecule has 112 valence electrons. The summed E-state index contributed by atoms with van der Waals surface area (Å²) < 4.78 is 0. The van der Waals surface area contributed by atoms with Crippen LogP contribution in [0.2, 0.25) is 0 Å². The van der Waals surface area contributed by atoms with Gasteiger partial charge in [0, 0.05) is 24.7 Å². The highest BCUT2D eigenvalue weighted by molar-refractivity contribution is 7.08. The van der Waals surface area contributed by atoms with E-state index in [9.17, 15) is 15.2 Å². The number of nitrogens with zero attached hydrogens (tertiary/aromatic N) is 1. The number of nitro benzene ring substituents is 1. The summed E-state index contributed by atoms with van der Waals surface area (Å²) in [5.41, 5.74) is 0.975. The molecule has 0 aliphatic carbocycles. The zero-order valence-electron chi connectivity index (χ0n) is 11.9. The molecule has 2 unspecified atom stereocenters. The van der Waals surface area contributed by atoms with Gasteiger partial charge in [0.1, 0.15) is 5.60 Å². The summed E-state index contributed by atoms with van der Waals surface area (Å²) in [6.45, 7) is 4.14. The quantitative estimate of drug-likeness (QED) is 0.634. The summed E-state index contributed by atoms with van der Waals surface area (Å²) in [6.07, 6.45) is 0. The van der Waals surface area contributed by atoms with Crippen LogP contribution in [0.5, 0.6) is 0 Å². The van der Waals surface area contributed by atoms with Crippen LogP contribution in [0.15, 0.2) is 41.1 Å². The van der Waals surface area contributed by atoms with Crippen molar-refractivity contribution in [2.75, 3.05) is 6.54 Å². The molecule has 2 aromatic rings. The Hall–Kier alpha value is -1.76. The number of nitro groups is 1. The number of nitrogens with one attached hydrogen (secondary N) is 1. The highest BCUT2D eigenvalue weighted by Gasteiger charge is 2.24. The van der Waals surface area contributed by atoms with Crippen LogP contribution in [0.1, 0.15) is 31.0 Å². The summed E-state index contributed by atoms with van der Waals surface area (Å²) in [4.78, 5) is 10.2. The minimum absolute atomic E-state index is 0.00378. The Balaban J connectivity index is 1.98. The van der Waals surface area contributed by atoms with Crippen LogP contribution in [0.25, 0.3) is 0 Å².